The maximum atomic E-state index is 7.33. The van der Waals surface area contributed by atoms with E-state index < -0.39 is 9.05 Å². The summed E-state index contributed by atoms with van der Waals surface area (Å²) in [5.41, 5.74) is 0. The fourth-order valence-electron chi connectivity index (χ4n) is 0. The largest absolute Gasteiger partial charge is 3.00 e. The Kier molecular flexibility index (Phi) is 27.6. The van der Waals surface area contributed by atoms with Crippen molar-refractivity contribution < 1.29 is 48.7 Å². The van der Waals surface area contributed by atoms with E-state index in [9.17, 15) is 0 Å². The topological polar surface area (TPSA) is 80.9 Å². The van der Waals surface area contributed by atoms with E-state index >= 15 is 0 Å². The third-order valence-electron chi connectivity index (χ3n) is 0. The molecule has 0 fully saturated rings. The first-order chi connectivity index (χ1) is 2.00. The molecule has 0 saturated heterocycles. The Bertz CT molecular complexity index is 31.5. The van der Waals surface area contributed by atoms with Crippen molar-refractivity contribution in [1.82, 2.24) is 0 Å². The van der Waals surface area contributed by atoms with Crippen molar-refractivity contribution in [2.24, 2.45) is 0 Å². The molecule has 32 valence electrons. The predicted molar refractivity (Wildman–Crippen MR) is 26.1 cm³/mol. The monoisotopic (exact) mass is 186 g/mol. The van der Waals surface area contributed by atoms with Crippen molar-refractivity contribution in [2.75, 3.05) is 0 Å². The summed E-state index contributed by atoms with van der Waals surface area (Å²) in [5.74, 6) is 0. The van der Waals surface area contributed by atoms with Crippen molar-refractivity contribution in [3.05, 3.63) is 0 Å². The zero-order chi connectivity index (χ0) is 4.50. The van der Waals surface area contributed by atoms with Gasteiger partial charge in [-0.05, 0) is 0 Å². The summed E-state index contributed by atoms with van der Waals surface area (Å²) >= 11 is 0. The normalized spacial score (nSPS) is 7.50. The molecule has 0 unspecified atom stereocenters. The van der Waals surface area contributed by atoms with Crippen LogP contribution in [0, 0.1) is 0 Å². The molecule has 0 aliphatic rings. The molecular weight excluding hydrogens is 182 g/mol. The minimum Gasteiger partial charge on any atom is -0.368 e. The van der Waals surface area contributed by atoms with Gasteiger partial charge in [0.1, 0.15) is 0 Å². The number of rotatable bonds is 0. The summed E-state index contributed by atoms with van der Waals surface area (Å²) in [6.07, 6.45) is 0. The fourth-order valence-corrected chi connectivity index (χ4v) is 0. The van der Waals surface area contributed by atoms with Crippen LogP contribution in [0.25, 0.3) is 0 Å². The molecule has 0 atom stereocenters. The van der Waals surface area contributed by atoms with Crippen LogP contribution in [0.2, 0.25) is 0 Å². The fraction of sp³-hybridized carbons (Fsp3) is 0. The maximum absolute atomic E-state index is 7.33. The first kappa shape index (κ1) is 22.4. The van der Waals surface area contributed by atoms with Gasteiger partial charge in [0.25, 0.3) is 0 Å². The average molecular weight is 186 g/mol. The van der Waals surface area contributed by atoms with Gasteiger partial charge in [-0.25, -0.2) is 0 Å². The van der Waals surface area contributed by atoms with E-state index in [0.29, 0.717) is 0 Å². The second kappa shape index (κ2) is 9.85. The molecule has 0 aliphatic carbocycles. The van der Waals surface area contributed by atoms with Crippen LogP contribution in [-0.4, -0.2) is 83.3 Å². The molecule has 0 rings (SSSR count). The Morgan fingerprint density at radius 1 is 0.875 bits per heavy atom. The number of hydrogen-bond donors (Lipinski definition) is 4. The molecule has 0 spiro atoms. The minimum atomic E-state index is -4.61. The Hall–Kier alpha value is 2.85. The molecule has 0 saturated carbocycles. The van der Waals surface area contributed by atoms with E-state index in [1.807, 2.05) is 0 Å². The van der Waals surface area contributed by atoms with Gasteiger partial charge in [-0.3, -0.25) is 0 Å². The van der Waals surface area contributed by atoms with Crippen molar-refractivity contribution in [2.45, 2.75) is 0 Å². The Morgan fingerprint density at radius 3 is 0.875 bits per heavy atom. The molecule has 0 aromatic heterocycles. The second-order valence-corrected chi connectivity index (χ2v) is 1.80. The zero-order valence-corrected chi connectivity index (χ0v) is 10.9. The molecular formula is H4AlCaNaO4Si+6. The summed E-state index contributed by atoms with van der Waals surface area (Å²) in [6.45, 7) is 0. The summed E-state index contributed by atoms with van der Waals surface area (Å²) in [4.78, 5) is 29.3. The van der Waals surface area contributed by atoms with Crippen LogP contribution in [0.4, 0.5) is 0 Å². The van der Waals surface area contributed by atoms with E-state index in [1.54, 1.807) is 0 Å². The van der Waals surface area contributed by atoms with Crippen LogP contribution in [-0.2, 0) is 0 Å². The minimum absolute atomic E-state index is 0. The molecule has 0 amide bonds. The van der Waals surface area contributed by atoms with E-state index in [0.717, 1.165) is 0 Å². The van der Waals surface area contributed by atoms with E-state index in [-0.39, 0.29) is 84.7 Å². The van der Waals surface area contributed by atoms with E-state index in [1.165, 1.54) is 0 Å². The smallest absolute Gasteiger partial charge is 0.368 e. The van der Waals surface area contributed by atoms with Gasteiger partial charge in [0.15, 0.2) is 0 Å². The van der Waals surface area contributed by atoms with Gasteiger partial charge < -0.3 is 19.2 Å². The van der Waals surface area contributed by atoms with Crippen molar-refractivity contribution >= 4 is 64.1 Å². The Labute approximate surface area is 111 Å². The van der Waals surface area contributed by atoms with Crippen LogP contribution >= 0.6 is 0 Å². The Morgan fingerprint density at radius 2 is 0.875 bits per heavy atom. The van der Waals surface area contributed by atoms with Gasteiger partial charge in [0, 0.05) is 0 Å². The van der Waals surface area contributed by atoms with Crippen LogP contribution in [0.15, 0.2) is 0 Å². The standard InChI is InChI=1S/Al.Ca.Na.H4O4Si/c;;;1-5(2,3)4/h;;;1-4H/q+3;+2;+1;. The van der Waals surface area contributed by atoms with Crippen LogP contribution < -0.4 is 29.6 Å². The predicted octanol–water partition coefficient (Wildman–Crippen LogP) is -6.37. The SMILES string of the molecule is O[Si](O)(O)O.[Al+3].[Ca+2].[Na+]. The summed E-state index contributed by atoms with van der Waals surface area (Å²) in [7, 11) is -4.61. The van der Waals surface area contributed by atoms with Crippen LogP contribution in [0.3, 0.4) is 0 Å². The molecule has 0 radical (unpaired) electrons. The molecule has 4 nitrogen and oxygen atoms in total. The molecule has 0 heterocycles. The molecule has 8 heteroatoms. The molecule has 0 aromatic carbocycles. The first-order valence-corrected chi connectivity index (χ1v) is 2.68. The first-order valence-electron chi connectivity index (χ1n) is 0.894. The van der Waals surface area contributed by atoms with Crippen LogP contribution in [0.5, 0.6) is 0 Å². The molecule has 4 N–H and O–H groups in total. The summed E-state index contributed by atoms with van der Waals surface area (Å²) in [5, 5.41) is 0. The second-order valence-electron chi connectivity index (χ2n) is 0.600. The third-order valence-corrected chi connectivity index (χ3v) is 0. The van der Waals surface area contributed by atoms with Gasteiger partial charge in [-0.1, -0.05) is 0 Å². The molecule has 0 aliphatic heterocycles. The number of hydrogen-bond acceptors (Lipinski definition) is 4. The quantitative estimate of drug-likeness (QED) is 0.284. The molecule has 8 heavy (non-hydrogen) atoms. The summed E-state index contributed by atoms with van der Waals surface area (Å²) in [6, 6.07) is 0. The van der Waals surface area contributed by atoms with E-state index in [2.05, 4.69) is 0 Å². The molecule has 0 aromatic rings. The van der Waals surface area contributed by atoms with Gasteiger partial charge in [-0.2, -0.15) is 0 Å². The van der Waals surface area contributed by atoms with Gasteiger partial charge in [0.05, 0.1) is 0 Å². The van der Waals surface area contributed by atoms with Gasteiger partial charge >= 0.3 is 93.7 Å². The Balaban J connectivity index is -0.0000000267. The van der Waals surface area contributed by atoms with Crippen molar-refractivity contribution in [1.29, 1.82) is 0 Å². The maximum Gasteiger partial charge on any atom is 3.00 e. The third kappa shape index (κ3) is 67.2. The molecule has 0 bridgehead atoms. The summed E-state index contributed by atoms with van der Waals surface area (Å²) < 4.78 is 0. The van der Waals surface area contributed by atoms with Crippen molar-refractivity contribution in [3.63, 3.8) is 0 Å². The van der Waals surface area contributed by atoms with E-state index in [4.69, 9.17) is 19.2 Å². The zero-order valence-electron chi connectivity index (χ0n) is 4.57. The average Bonchev–Trinajstić information content (AvgIpc) is 0.722. The van der Waals surface area contributed by atoms with Gasteiger partial charge in [0.2, 0.25) is 0 Å². The van der Waals surface area contributed by atoms with Crippen molar-refractivity contribution in [3.8, 4) is 0 Å². The van der Waals surface area contributed by atoms with Crippen LogP contribution in [0.1, 0.15) is 0 Å². The van der Waals surface area contributed by atoms with Gasteiger partial charge in [-0.15, -0.1) is 0 Å².